The molecule has 0 radical (unpaired) electrons. The maximum absolute atomic E-state index is 10.0. The minimum atomic E-state index is -0.876. The first-order valence-corrected chi connectivity index (χ1v) is 2.28. The predicted octanol–water partition coefficient (Wildman–Crippen LogP) is -1.93. The van der Waals surface area contributed by atoms with Crippen LogP contribution in [0.2, 0.25) is 0 Å². The standard InChI is InChI=1S/C3H8N6O/c4-1(5)8-2(6)9-3(7)10/h(H8,4,5,6,7,8,9,10). The highest BCUT2D eigenvalue weighted by Gasteiger charge is 1.97. The fourth-order valence-corrected chi connectivity index (χ4v) is 0.289. The van der Waals surface area contributed by atoms with Gasteiger partial charge in [-0.3, -0.25) is 21.5 Å². The Labute approximate surface area is 56.8 Å². The van der Waals surface area contributed by atoms with Gasteiger partial charge in [-0.05, 0) is 0 Å². The highest BCUT2D eigenvalue weighted by atomic mass is 16.2. The van der Waals surface area contributed by atoms with E-state index in [-0.39, 0.29) is 0 Å². The van der Waals surface area contributed by atoms with Crippen molar-refractivity contribution in [3.8, 4) is 0 Å². The van der Waals surface area contributed by atoms with Gasteiger partial charge in [0.05, 0.1) is 0 Å². The molecule has 56 valence electrons. The van der Waals surface area contributed by atoms with E-state index in [1.54, 1.807) is 0 Å². The quantitative estimate of drug-likeness (QED) is 0.174. The van der Waals surface area contributed by atoms with E-state index in [2.05, 4.69) is 5.73 Å². The van der Waals surface area contributed by atoms with Crippen LogP contribution < -0.4 is 22.1 Å². The summed E-state index contributed by atoms with van der Waals surface area (Å²) in [6, 6.07) is -0.876. The Balaban J connectivity index is 3.65. The largest absolute Gasteiger partial charge is 0.370 e. The molecule has 0 aromatic heterocycles. The van der Waals surface area contributed by atoms with E-state index in [9.17, 15) is 4.79 Å². The molecule has 10 heavy (non-hydrogen) atoms. The number of hydrogen-bond donors (Lipinski definition) is 6. The van der Waals surface area contributed by atoms with Gasteiger partial charge >= 0.3 is 6.03 Å². The van der Waals surface area contributed by atoms with Gasteiger partial charge in [0, 0.05) is 0 Å². The molecule has 0 aromatic rings. The summed E-state index contributed by atoms with van der Waals surface area (Å²) >= 11 is 0. The number of carbonyl (C=O) groups excluding carboxylic acids is 1. The van der Waals surface area contributed by atoms with Gasteiger partial charge < -0.3 is 11.5 Å². The van der Waals surface area contributed by atoms with E-state index in [1.165, 1.54) is 0 Å². The van der Waals surface area contributed by atoms with Crippen LogP contribution in [0.1, 0.15) is 0 Å². The normalized spacial score (nSPS) is 8.00. The van der Waals surface area contributed by atoms with E-state index in [4.69, 9.17) is 16.6 Å². The number of hydrogen-bond acceptors (Lipinski definition) is 3. The highest BCUT2D eigenvalue weighted by molar-refractivity contribution is 6.01. The zero-order chi connectivity index (χ0) is 8.15. The van der Waals surface area contributed by atoms with Crippen molar-refractivity contribution in [2.45, 2.75) is 0 Å². The molecule has 0 saturated heterocycles. The van der Waals surface area contributed by atoms with Crippen molar-refractivity contribution >= 4 is 18.0 Å². The Morgan fingerprint density at radius 1 is 1.20 bits per heavy atom. The number of nitrogens with two attached hydrogens (primary N) is 2. The molecule has 0 heterocycles. The van der Waals surface area contributed by atoms with Crippen LogP contribution in [0, 0.1) is 10.8 Å². The molecule has 0 aromatic carbocycles. The summed E-state index contributed by atoms with van der Waals surface area (Å²) < 4.78 is 0. The molecule has 7 heteroatoms. The second kappa shape index (κ2) is 3.28. The topological polar surface area (TPSA) is 141 Å². The average Bonchev–Trinajstić information content (AvgIpc) is 1.58. The number of rotatable bonds is 0. The third kappa shape index (κ3) is 4.37. The van der Waals surface area contributed by atoms with Crippen LogP contribution in [0.5, 0.6) is 0 Å². The SMILES string of the molecule is N=C(N)NC(=N)NC(N)=O. The molecule has 0 atom stereocenters. The number of amides is 2. The first-order valence-electron chi connectivity index (χ1n) is 2.28. The summed E-state index contributed by atoms with van der Waals surface area (Å²) in [6.07, 6.45) is 0. The Kier molecular flexibility index (Phi) is 2.69. The summed E-state index contributed by atoms with van der Waals surface area (Å²) in [6.45, 7) is 0. The second-order valence-electron chi connectivity index (χ2n) is 1.40. The van der Waals surface area contributed by atoms with Gasteiger partial charge in [0.25, 0.3) is 0 Å². The Morgan fingerprint density at radius 3 is 2.00 bits per heavy atom. The fourth-order valence-electron chi connectivity index (χ4n) is 0.289. The van der Waals surface area contributed by atoms with E-state index in [0.717, 1.165) is 0 Å². The molecule has 0 aliphatic heterocycles. The summed E-state index contributed by atoms with van der Waals surface area (Å²) in [5.41, 5.74) is 9.44. The molecule has 8 N–H and O–H groups in total. The molecule has 0 unspecified atom stereocenters. The smallest absolute Gasteiger partial charge is 0.318 e. The lowest BCUT2D eigenvalue weighted by Crippen LogP contribution is -2.47. The third-order valence-electron chi connectivity index (χ3n) is 0.508. The number of carbonyl (C=O) groups is 1. The van der Waals surface area contributed by atoms with Gasteiger partial charge in [0.1, 0.15) is 0 Å². The first kappa shape index (κ1) is 8.21. The van der Waals surface area contributed by atoms with Crippen LogP contribution in [0.4, 0.5) is 4.79 Å². The van der Waals surface area contributed by atoms with E-state index in [1.807, 2.05) is 10.6 Å². The van der Waals surface area contributed by atoms with Gasteiger partial charge in [0.15, 0.2) is 5.96 Å². The molecule has 0 aliphatic rings. The summed E-state index contributed by atoms with van der Waals surface area (Å²) in [5.74, 6) is -0.848. The lowest BCUT2D eigenvalue weighted by molar-refractivity contribution is 0.253. The lowest BCUT2D eigenvalue weighted by atomic mass is 10.8. The molecule has 0 rings (SSSR count). The van der Waals surface area contributed by atoms with Crippen molar-refractivity contribution in [2.24, 2.45) is 11.5 Å². The summed E-state index contributed by atoms with van der Waals surface area (Å²) in [7, 11) is 0. The average molecular weight is 144 g/mol. The Hall–Kier alpha value is -1.79. The van der Waals surface area contributed by atoms with Gasteiger partial charge in [0.2, 0.25) is 5.96 Å². The minimum absolute atomic E-state index is 0.417. The van der Waals surface area contributed by atoms with Crippen molar-refractivity contribution in [3.05, 3.63) is 0 Å². The Bertz CT molecular complexity index is 156. The van der Waals surface area contributed by atoms with Crippen molar-refractivity contribution in [2.75, 3.05) is 0 Å². The minimum Gasteiger partial charge on any atom is -0.370 e. The predicted molar refractivity (Wildman–Crippen MR) is 35.5 cm³/mol. The van der Waals surface area contributed by atoms with Crippen molar-refractivity contribution in [1.29, 1.82) is 10.8 Å². The molecule has 2 amide bonds. The third-order valence-corrected chi connectivity index (χ3v) is 0.508. The molecule has 0 fully saturated rings. The van der Waals surface area contributed by atoms with Crippen LogP contribution in [0.25, 0.3) is 0 Å². The molecule has 7 nitrogen and oxygen atoms in total. The van der Waals surface area contributed by atoms with Gasteiger partial charge in [-0.1, -0.05) is 0 Å². The molecule has 0 bridgehead atoms. The summed E-state index contributed by atoms with van der Waals surface area (Å²) in [4.78, 5) is 10.0. The zero-order valence-electron chi connectivity index (χ0n) is 5.06. The van der Waals surface area contributed by atoms with Gasteiger partial charge in [-0.2, -0.15) is 0 Å². The molecule has 0 spiro atoms. The van der Waals surface area contributed by atoms with Crippen molar-refractivity contribution in [1.82, 2.24) is 10.6 Å². The monoisotopic (exact) mass is 144 g/mol. The van der Waals surface area contributed by atoms with Crippen LogP contribution in [0.15, 0.2) is 0 Å². The molecular formula is C3H8N6O. The van der Waals surface area contributed by atoms with E-state index >= 15 is 0 Å². The van der Waals surface area contributed by atoms with Crippen molar-refractivity contribution < 1.29 is 4.79 Å². The highest BCUT2D eigenvalue weighted by Crippen LogP contribution is 1.57. The maximum atomic E-state index is 10.0. The fraction of sp³-hybridized carbons (Fsp3) is 0. The van der Waals surface area contributed by atoms with Crippen LogP contribution in [-0.4, -0.2) is 18.0 Å². The molecule has 0 aliphatic carbocycles. The second-order valence-corrected chi connectivity index (χ2v) is 1.40. The number of primary amides is 1. The summed E-state index contributed by atoms with van der Waals surface area (Å²) in [5, 5.41) is 17.3. The molecule has 0 saturated carbocycles. The van der Waals surface area contributed by atoms with E-state index < -0.39 is 18.0 Å². The molecular weight excluding hydrogens is 136 g/mol. The maximum Gasteiger partial charge on any atom is 0.318 e. The number of nitrogens with one attached hydrogen (secondary N) is 4. The van der Waals surface area contributed by atoms with Gasteiger partial charge in [-0.25, -0.2) is 4.79 Å². The van der Waals surface area contributed by atoms with Crippen LogP contribution >= 0.6 is 0 Å². The van der Waals surface area contributed by atoms with Gasteiger partial charge in [-0.15, -0.1) is 0 Å². The lowest BCUT2D eigenvalue weighted by Gasteiger charge is -2.03. The Morgan fingerprint density at radius 2 is 1.70 bits per heavy atom. The van der Waals surface area contributed by atoms with Crippen LogP contribution in [-0.2, 0) is 0 Å². The van der Waals surface area contributed by atoms with Crippen molar-refractivity contribution in [3.63, 3.8) is 0 Å². The number of urea groups is 1. The zero-order valence-corrected chi connectivity index (χ0v) is 5.06. The first-order chi connectivity index (χ1) is 4.52. The van der Waals surface area contributed by atoms with E-state index in [0.29, 0.717) is 0 Å². The van der Waals surface area contributed by atoms with Crippen LogP contribution in [0.3, 0.4) is 0 Å². The number of guanidine groups is 2.